The maximum atomic E-state index is 8.67. The lowest BCUT2D eigenvalue weighted by Crippen LogP contribution is -2.00. The minimum atomic E-state index is -0.416. The van der Waals surface area contributed by atoms with Crippen LogP contribution in [0, 0.1) is 11.3 Å². The van der Waals surface area contributed by atoms with Gasteiger partial charge in [-0.15, -0.1) is 11.6 Å². The predicted molar refractivity (Wildman–Crippen MR) is 48.3 cm³/mol. The molecule has 0 fully saturated rings. The van der Waals surface area contributed by atoms with Crippen molar-refractivity contribution in [1.82, 2.24) is 4.98 Å². The van der Waals surface area contributed by atoms with Gasteiger partial charge in [-0.25, -0.2) is 0 Å². The molecule has 62 valence electrons. The van der Waals surface area contributed by atoms with Gasteiger partial charge in [0.1, 0.15) is 5.92 Å². The van der Waals surface area contributed by atoms with Gasteiger partial charge in [0.2, 0.25) is 0 Å². The van der Waals surface area contributed by atoms with Crippen LogP contribution in [0.1, 0.15) is 11.6 Å². The number of alkyl halides is 1. The normalized spacial score (nSPS) is 12.1. The molecule has 1 unspecified atom stereocenters. The molecule has 2 nitrogen and oxygen atoms in total. The summed E-state index contributed by atoms with van der Waals surface area (Å²) in [4.78, 5) is 3.98. The summed E-state index contributed by atoms with van der Waals surface area (Å²) in [5, 5.41) is 9.16. The maximum Gasteiger partial charge on any atom is 0.103 e. The topological polar surface area (TPSA) is 36.7 Å². The molecule has 0 aliphatic rings. The first-order valence-corrected chi connectivity index (χ1v) is 4.27. The summed E-state index contributed by atoms with van der Waals surface area (Å²) in [5.41, 5.74) is 0.552. The SMILES string of the molecule is N#CC(CCl)c1ncccc1Cl. The number of hydrogen-bond donors (Lipinski definition) is 0. The average molecular weight is 201 g/mol. The summed E-state index contributed by atoms with van der Waals surface area (Å²) in [7, 11) is 0. The van der Waals surface area contributed by atoms with Crippen LogP contribution in [0.5, 0.6) is 0 Å². The van der Waals surface area contributed by atoms with Crippen molar-refractivity contribution in [2.75, 3.05) is 5.88 Å². The van der Waals surface area contributed by atoms with Gasteiger partial charge >= 0.3 is 0 Å². The Kier molecular flexibility index (Phi) is 3.33. The highest BCUT2D eigenvalue weighted by atomic mass is 35.5. The van der Waals surface area contributed by atoms with Gasteiger partial charge in [0.25, 0.3) is 0 Å². The third kappa shape index (κ3) is 1.88. The van der Waals surface area contributed by atoms with Gasteiger partial charge in [0.05, 0.1) is 16.8 Å². The Morgan fingerprint density at radius 3 is 2.92 bits per heavy atom. The number of nitrogens with zero attached hydrogens (tertiary/aromatic N) is 2. The van der Waals surface area contributed by atoms with Crippen LogP contribution in [0.25, 0.3) is 0 Å². The van der Waals surface area contributed by atoms with Crippen LogP contribution in [0.3, 0.4) is 0 Å². The third-order valence-electron chi connectivity index (χ3n) is 1.43. The summed E-state index contributed by atoms with van der Waals surface area (Å²) >= 11 is 11.4. The van der Waals surface area contributed by atoms with Gasteiger partial charge in [-0.05, 0) is 12.1 Å². The lowest BCUT2D eigenvalue weighted by Gasteiger charge is -2.04. The lowest BCUT2D eigenvalue weighted by molar-refractivity contribution is 0.927. The van der Waals surface area contributed by atoms with Gasteiger partial charge in [0, 0.05) is 12.1 Å². The van der Waals surface area contributed by atoms with Gasteiger partial charge in [-0.2, -0.15) is 5.26 Å². The quantitative estimate of drug-likeness (QED) is 0.689. The fourth-order valence-electron chi connectivity index (χ4n) is 0.823. The molecule has 1 aromatic heterocycles. The van der Waals surface area contributed by atoms with E-state index < -0.39 is 5.92 Å². The van der Waals surface area contributed by atoms with Crippen molar-refractivity contribution in [1.29, 1.82) is 5.26 Å². The number of nitriles is 1. The number of rotatable bonds is 2. The molecule has 1 heterocycles. The minimum absolute atomic E-state index is 0.216. The van der Waals surface area contributed by atoms with Crippen LogP contribution in [-0.2, 0) is 0 Å². The maximum absolute atomic E-state index is 8.67. The Bertz CT molecular complexity index is 306. The van der Waals surface area contributed by atoms with E-state index in [0.29, 0.717) is 10.7 Å². The lowest BCUT2D eigenvalue weighted by atomic mass is 10.1. The molecule has 0 radical (unpaired) electrons. The van der Waals surface area contributed by atoms with Crippen LogP contribution in [0.15, 0.2) is 18.3 Å². The molecule has 0 aliphatic carbocycles. The second kappa shape index (κ2) is 4.30. The van der Waals surface area contributed by atoms with Crippen molar-refractivity contribution < 1.29 is 0 Å². The van der Waals surface area contributed by atoms with Gasteiger partial charge in [-0.3, -0.25) is 4.98 Å². The largest absolute Gasteiger partial charge is 0.258 e. The van der Waals surface area contributed by atoms with Crippen LogP contribution in [0.4, 0.5) is 0 Å². The predicted octanol–water partition coefficient (Wildman–Crippen LogP) is 2.58. The second-order valence-corrected chi connectivity index (χ2v) is 2.92. The molecule has 0 bridgehead atoms. The summed E-state index contributed by atoms with van der Waals surface area (Å²) in [5.74, 6) is -0.201. The van der Waals surface area contributed by atoms with E-state index >= 15 is 0 Å². The smallest absolute Gasteiger partial charge is 0.103 e. The van der Waals surface area contributed by atoms with Crippen LogP contribution < -0.4 is 0 Å². The molecule has 1 rings (SSSR count). The van der Waals surface area contributed by atoms with E-state index in [4.69, 9.17) is 28.5 Å². The average Bonchev–Trinajstić information content (AvgIpc) is 2.10. The zero-order valence-electron chi connectivity index (χ0n) is 6.17. The molecule has 0 amide bonds. The number of pyridine rings is 1. The summed E-state index contributed by atoms with van der Waals surface area (Å²) in [6.07, 6.45) is 1.60. The Morgan fingerprint density at radius 1 is 1.67 bits per heavy atom. The molecule has 0 saturated heterocycles. The standard InChI is InChI=1S/C8H6Cl2N2/c9-4-6(5-11)8-7(10)2-1-3-12-8/h1-3,6H,4H2. The molecule has 0 saturated carbocycles. The van der Waals surface area contributed by atoms with Crippen molar-refractivity contribution in [3.05, 3.63) is 29.0 Å². The molecule has 0 spiro atoms. The first-order valence-electron chi connectivity index (χ1n) is 3.35. The molecular formula is C8H6Cl2N2. The van der Waals surface area contributed by atoms with Crippen LogP contribution >= 0.6 is 23.2 Å². The number of aromatic nitrogens is 1. The summed E-state index contributed by atoms with van der Waals surface area (Å²) in [6.45, 7) is 0. The number of hydrogen-bond acceptors (Lipinski definition) is 2. The second-order valence-electron chi connectivity index (χ2n) is 2.21. The molecule has 1 aromatic rings. The van der Waals surface area contributed by atoms with E-state index in [1.54, 1.807) is 18.3 Å². The van der Waals surface area contributed by atoms with E-state index in [0.717, 1.165) is 0 Å². The highest BCUT2D eigenvalue weighted by molar-refractivity contribution is 6.31. The van der Waals surface area contributed by atoms with Crippen molar-refractivity contribution in [2.45, 2.75) is 5.92 Å². The van der Waals surface area contributed by atoms with Crippen molar-refractivity contribution in [2.24, 2.45) is 0 Å². The monoisotopic (exact) mass is 200 g/mol. The highest BCUT2D eigenvalue weighted by Crippen LogP contribution is 2.22. The molecule has 0 aliphatic heterocycles. The Balaban J connectivity index is 3.02. The summed E-state index contributed by atoms with van der Waals surface area (Å²) in [6, 6.07) is 5.44. The Hall–Kier alpha value is -0.780. The summed E-state index contributed by atoms with van der Waals surface area (Å²) < 4.78 is 0. The Labute approximate surface area is 80.7 Å². The van der Waals surface area contributed by atoms with Crippen molar-refractivity contribution >= 4 is 23.2 Å². The van der Waals surface area contributed by atoms with Gasteiger partial charge in [-0.1, -0.05) is 11.6 Å². The molecule has 4 heteroatoms. The first-order chi connectivity index (χ1) is 5.79. The number of halogens is 2. The van der Waals surface area contributed by atoms with Gasteiger partial charge < -0.3 is 0 Å². The van der Waals surface area contributed by atoms with E-state index in [1.165, 1.54) is 0 Å². The molecule has 0 aromatic carbocycles. The fourth-order valence-corrected chi connectivity index (χ4v) is 1.29. The zero-order chi connectivity index (χ0) is 8.97. The molecule has 12 heavy (non-hydrogen) atoms. The van der Waals surface area contributed by atoms with Crippen molar-refractivity contribution in [3.63, 3.8) is 0 Å². The molecule has 0 N–H and O–H groups in total. The third-order valence-corrected chi connectivity index (χ3v) is 2.06. The van der Waals surface area contributed by atoms with E-state index in [2.05, 4.69) is 4.98 Å². The van der Waals surface area contributed by atoms with E-state index in [-0.39, 0.29) is 5.88 Å². The van der Waals surface area contributed by atoms with E-state index in [1.807, 2.05) is 6.07 Å². The van der Waals surface area contributed by atoms with Crippen LogP contribution in [-0.4, -0.2) is 10.9 Å². The van der Waals surface area contributed by atoms with Gasteiger partial charge in [0.15, 0.2) is 0 Å². The van der Waals surface area contributed by atoms with E-state index in [9.17, 15) is 0 Å². The molecular weight excluding hydrogens is 195 g/mol. The van der Waals surface area contributed by atoms with Crippen LogP contribution in [0.2, 0.25) is 5.02 Å². The highest BCUT2D eigenvalue weighted by Gasteiger charge is 2.13. The molecule has 1 atom stereocenters. The Morgan fingerprint density at radius 2 is 2.42 bits per heavy atom. The minimum Gasteiger partial charge on any atom is -0.258 e. The first kappa shape index (κ1) is 9.31. The van der Waals surface area contributed by atoms with Crippen molar-refractivity contribution in [3.8, 4) is 6.07 Å². The zero-order valence-corrected chi connectivity index (χ0v) is 7.68. The fraction of sp³-hybridized carbons (Fsp3) is 0.250.